The SMILES string of the molecule is Nc1ccccc1-c1cccc(-c2ccc3oc4ccc(-n5c6ccccc6c6ccccc65)cc4c3c2)c1.c1ccccc1. The molecule has 0 amide bonds. The second-order valence-electron chi connectivity index (χ2n) is 11.2. The lowest BCUT2D eigenvalue weighted by Gasteiger charge is -2.09. The highest BCUT2D eigenvalue weighted by Crippen LogP contribution is 2.37. The van der Waals surface area contributed by atoms with Crippen molar-refractivity contribution in [1.29, 1.82) is 0 Å². The summed E-state index contributed by atoms with van der Waals surface area (Å²) in [5, 5.41) is 4.72. The van der Waals surface area contributed by atoms with E-state index in [1.165, 1.54) is 21.8 Å². The van der Waals surface area contributed by atoms with Gasteiger partial charge in [0.05, 0.1) is 11.0 Å². The van der Waals surface area contributed by atoms with E-state index in [1.807, 2.05) is 54.6 Å². The first-order chi connectivity index (χ1) is 22.2. The Morgan fingerprint density at radius 2 is 0.956 bits per heavy atom. The molecule has 0 atom stereocenters. The minimum atomic E-state index is 0.781. The van der Waals surface area contributed by atoms with E-state index < -0.39 is 0 Å². The largest absolute Gasteiger partial charge is 0.456 e. The van der Waals surface area contributed by atoms with Crippen molar-refractivity contribution >= 4 is 49.4 Å². The van der Waals surface area contributed by atoms with Gasteiger partial charge in [-0.25, -0.2) is 0 Å². The summed E-state index contributed by atoms with van der Waals surface area (Å²) in [4.78, 5) is 0. The summed E-state index contributed by atoms with van der Waals surface area (Å²) in [5.41, 5.74) is 16.8. The number of aromatic nitrogens is 1. The Hall–Kier alpha value is -6.06. The summed E-state index contributed by atoms with van der Waals surface area (Å²) < 4.78 is 8.62. The van der Waals surface area contributed by atoms with Crippen LogP contribution in [-0.2, 0) is 0 Å². The third-order valence-corrected chi connectivity index (χ3v) is 8.43. The molecule has 214 valence electrons. The summed E-state index contributed by atoms with van der Waals surface area (Å²) in [6.07, 6.45) is 0. The smallest absolute Gasteiger partial charge is 0.135 e. The minimum Gasteiger partial charge on any atom is -0.456 e. The van der Waals surface area contributed by atoms with Crippen molar-refractivity contribution in [3.05, 3.63) is 170 Å². The maximum absolute atomic E-state index is 6.27. The van der Waals surface area contributed by atoms with Gasteiger partial charge in [-0.3, -0.25) is 0 Å². The quantitative estimate of drug-likeness (QED) is 0.212. The van der Waals surface area contributed by atoms with Crippen LogP contribution in [0.1, 0.15) is 0 Å². The summed E-state index contributed by atoms with van der Waals surface area (Å²) >= 11 is 0. The highest BCUT2D eigenvalue weighted by atomic mass is 16.3. The molecule has 3 nitrogen and oxygen atoms in total. The molecule has 0 radical (unpaired) electrons. The Bertz CT molecular complexity index is 2370. The monoisotopic (exact) mass is 578 g/mol. The minimum absolute atomic E-state index is 0.781. The average Bonchev–Trinajstić information content (AvgIpc) is 3.64. The van der Waals surface area contributed by atoms with Crippen LogP contribution in [0.15, 0.2) is 174 Å². The van der Waals surface area contributed by atoms with E-state index in [4.69, 9.17) is 10.2 Å². The second kappa shape index (κ2) is 11.2. The number of fused-ring (bicyclic) bond motifs is 6. The highest BCUT2D eigenvalue weighted by Gasteiger charge is 2.15. The zero-order valence-electron chi connectivity index (χ0n) is 24.6. The number of anilines is 1. The van der Waals surface area contributed by atoms with Crippen molar-refractivity contribution in [1.82, 2.24) is 4.57 Å². The zero-order chi connectivity index (χ0) is 30.2. The van der Waals surface area contributed by atoms with Gasteiger partial charge < -0.3 is 14.7 Å². The number of para-hydroxylation sites is 3. The van der Waals surface area contributed by atoms with E-state index in [0.29, 0.717) is 0 Å². The maximum Gasteiger partial charge on any atom is 0.135 e. The lowest BCUT2D eigenvalue weighted by atomic mass is 9.97. The number of rotatable bonds is 3. The Balaban J connectivity index is 0.000000452. The van der Waals surface area contributed by atoms with Gasteiger partial charge in [0.2, 0.25) is 0 Å². The molecule has 2 N–H and O–H groups in total. The molecule has 7 aromatic carbocycles. The van der Waals surface area contributed by atoms with Gasteiger partial charge in [0, 0.05) is 38.5 Å². The van der Waals surface area contributed by atoms with Crippen molar-refractivity contribution in [2.24, 2.45) is 0 Å². The molecule has 2 aromatic heterocycles. The molecule has 0 bridgehead atoms. The number of nitrogens with two attached hydrogens (primary N) is 1. The Labute approximate surface area is 261 Å². The van der Waals surface area contributed by atoms with Crippen molar-refractivity contribution < 1.29 is 4.42 Å². The molecule has 3 heteroatoms. The van der Waals surface area contributed by atoms with E-state index in [-0.39, 0.29) is 0 Å². The van der Waals surface area contributed by atoms with Gasteiger partial charge in [-0.15, -0.1) is 0 Å². The molecular weight excluding hydrogens is 548 g/mol. The summed E-state index contributed by atoms with van der Waals surface area (Å²) in [5.74, 6) is 0. The van der Waals surface area contributed by atoms with Crippen molar-refractivity contribution in [3.63, 3.8) is 0 Å². The van der Waals surface area contributed by atoms with Crippen LogP contribution in [0.5, 0.6) is 0 Å². The molecule has 0 aliphatic carbocycles. The van der Waals surface area contributed by atoms with Gasteiger partial charge >= 0.3 is 0 Å². The Kier molecular flexibility index (Phi) is 6.62. The van der Waals surface area contributed by atoms with Crippen molar-refractivity contribution in [2.75, 3.05) is 5.73 Å². The fourth-order valence-corrected chi connectivity index (χ4v) is 6.30. The first-order valence-electron chi connectivity index (χ1n) is 15.1. The first kappa shape index (κ1) is 26.6. The van der Waals surface area contributed by atoms with Gasteiger partial charge in [-0.1, -0.05) is 115 Å². The number of benzene rings is 7. The maximum atomic E-state index is 6.27. The number of hydrogen-bond acceptors (Lipinski definition) is 2. The van der Waals surface area contributed by atoms with Crippen LogP contribution < -0.4 is 5.73 Å². The molecule has 9 rings (SSSR count). The molecule has 0 fully saturated rings. The molecule has 0 aliphatic heterocycles. The molecule has 2 heterocycles. The number of furan rings is 1. The molecule has 0 unspecified atom stereocenters. The van der Waals surface area contributed by atoms with Crippen LogP contribution in [0.25, 0.3) is 71.7 Å². The van der Waals surface area contributed by atoms with Crippen LogP contribution >= 0.6 is 0 Å². The van der Waals surface area contributed by atoms with Crippen LogP contribution in [-0.4, -0.2) is 4.57 Å². The molecule has 0 spiro atoms. The Morgan fingerprint density at radius 3 is 1.64 bits per heavy atom. The van der Waals surface area contributed by atoms with Gasteiger partial charge in [-0.2, -0.15) is 0 Å². The molecule has 45 heavy (non-hydrogen) atoms. The highest BCUT2D eigenvalue weighted by molar-refractivity contribution is 6.11. The van der Waals surface area contributed by atoms with Crippen LogP contribution in [0, 0.1) is 0 Å². The molecular formula is C42H30N2O. The summed E-state index contributed by atoms with van der Waals surface area (Å²) in [6.45, 7) is 0. The number of nitrogen functional groups attached to an aromatic ring is 1. The third kappa shape index (κ3) is 4.81. The number of nitrogens with zero attached hydrogens (tertiary/aromatic N) is 1. The predicted molar refractivity (Wildman–Crippen MR) is 190 cm³/mol. The number of hydrogen-bond donors (Lipinski definition) is 1. The van der Waals surface area contributed by atoms with Gasteiger partial charge in [0.15, 0.2) is 0 Å². The standard InChI is InChI=1S/C36H24N2O.C6H6/c37-32-13-4-1-10-27(32)25-9-7-8-23(20-25)24-16-18-35-30(21-24)31-22-26(17-19-36(31)39-35)38-33-14-5-2-11-28(33)29-12-3-6-15-34(29)38;1-2-4-6-5-3-1/h1-22H,37H2;1-6H. The van der Waals surface area contributed by atoms with Crippen molar-refractivity contribution in [2.45, 2.75) is 0 Å². The third-order valence-electron chi connectivity index (χ3n) is 8.43. The molecule has 0 saturated heterocycles. The normalized spacial score (nSPS) is 11.2. The van der Waals surface area contributed by atoms with Crippen LogP contribution in [0.4, 0.5) is 5.69 Å². The lowest BCUT2D eigenvalue weighted by molar-refractivity contribution is 0.669. The van der Waals surface area contributed by atoms with Gasteiger partial charge in [-0.05, 0) is 71.3 Å². The van der Waals surface area contributed by atoms with E-state index in [2.05, 4.69) is 120 Å². The van der Waals surface area contributed by atoms with Crippen molar-refractivity contribution in [3.8, 4) is 27.9 Å². The Morgan fingerprint density at radius 1 is 0.400 bits per heavy atom. The summed E-state index contributed by atoms with van der Waals surface area (Å²) in [6, 6.07) is 58.7. The molecule has 0 saturated carbocycles. The summed E-state index contributed by atoms with van der Waals surface area (Å²) in [7, 11) is 0. The van der Waals surface area contributed by atoms with E-state index >= 15 is 0 Å². The zero-order valence-corrected chi connectivity index (χ0v) is 24.6. The van der Waals surface area contributed by atoms with Crippen LogP contribution in [0.3, 0.4) is 0 Å². The second-order valence-corrected chi connectivity index (χ2v) is 11.2. The molecule has 0 aliphatic rings. The first-order valence-corrected chi connectivity index (χ1v) is 15.1. The van der Waals surface area contributed by atoms with E-state index in [9.17, 15) is 0 Å². The topological polar surface area (TPSA) is 44.1 Å². The van der Waals surface area contributed by atoms with Crippen LogP contribution in [0.2, 0.25) is 0 Å². The van der Waals surface area contributed by atoms with Gasteiger partial charge in [0.1, 0.15) is 11.2 Å². The lowest BCUT2D eigenvalue weighted by Crippen LogP contribution is -1.93. The fourth-order valence-electron chi connectivity index (χ4n) is 6.30. The van der Waals surface area contributed by atoms with E-state index in [0.717, 1.165) is 55.6 Å². The molecule has 9 aromatic rings. The van der Waals surface area contributed by atoms with Gasteiger partial charge in [0.25, 0.3) is 0 Å². The van der Waals surface area contributed by atoms with E-state index in [1.54, 1.807) is 0 Å². The average molecular weight is 579 g/mol. The fraction of sp³-hybridized carbons (Fsp3) is 0. The predicted octanol–water partition coefficient (Wildman–Crippen LogP) is 11.3.